The number of aromatic nitrogens is 2. The van der Waals surface area contributed by atoms with Gasteiger partial charge < -0.3 is 14.2 Å². The Morgan fingerprint density at radius 3 is 2.48 bits per heavy atom. The minimum absolute atomic E-state index is 0.251. The number of nitrogens with zero attached hydrogens (tertiary/aromatic N) is 3. The normalized spacial score (nSPS) is 19.6. The molecule has 1 aromatic heterocycles. The minimum atomic E-state index is -0.576. The first-order valence-electron chi connectivity index (χ1n) is 12.5. The van der Waals surface area contributed by atoms with Crippen LogP contribution in [-0.2, 0) is 9.47 Å². The maximum Gasteiger partial charge on any atom is 0.512 e. The maximum atomic E-state index is 12.5. The number of carbonyl (C=O) groups is 1. The van der Waals surface area contributed by atoms with E-state index in [0.717, 1.165) is 49.9 Å². The van der Waals surface area contributed by atoms with E-state index in [-0.39, 0.29) is 11.6 Å². The molecule has 2 unspecified atom stereocenters. The Balaban J connectivity index is 2.07. The molecule has 0 bridgehead atoms. The van der Waals surface area contributed by atoms with Gasteiger partial charge in [-0.2, -0.15) is 4.37 Å². The third-order valence-electron chi connectivity index (χ3n) is 6.04. The fourth-order valence-electron chi connectivity index (χ4n) is 4.48. The number of rotatable bonds is 13. The largest absolute Gasteiger partial charge is 0.512 e. The maximum absolute atomic E-state index is 12.5. The number of likely N-dealkylation sites (N-methyl/N-ethyl adjacent to an activating group) is 1. The van der Waals surface area contributed by atoms with Crippen LogP contribution in [0.5, 0.6) is 5.88 Å². The van der Waals surface area contributed by atoms with Gasteiger partial charge in [-0.1, -0.05) is 72.8 Å². The summed E-state index contributed by atoms with van der Waals surface area (Å²) in [6.07, 6.45) is 9.80. The lowest BCUT2D eigenvalue weighted by molar-refractivity contribution is -0.954. The lowest BCUT2D eigenvalue weighted by atomic mass is 9.90. The molecule has 2 rings (SSSR count). The highest BCUT2D eigenvalue weighted by Gasteiger charge is 2.46. The average Bonchev–Trinajstić information content (AvgIpc) is 3.23. The molecule has 33 heavy (non-hydrogen) atoms. The number of ether oxygens (including phenoxy) is 3. The summed E-state index contributed by atoms with van der Waals surface area (Å²) in [6, 6.07) is 0. The average molecular weight is 483 g/mol. The summed E-state index contributed by atoms with van der Waals surface area (Å²) in [7, 11) is 2.15. The summed E-state index contributed by atoms with van der Waals surface area (Å²) < 4.78 is 26.8. The zero-order valence-electron chi connectivity index (χ0n) is 21.5. The molecule has 2 atom stereocenters. The highest BCUT2D eigenvalue weighted by molar-refractivity contribution is 6.99. The summed E-state index contributed by atoms with van der Waals surface area (Å²) in [6.45, 7) is 13.3. The Morgan fingerprint density at radius 1 is 1.09 bits per heavy atom. The molecule has 0 amide bonds. The molecule has 1 aromatic rings. The van der Waals surface area contributed by atoms with Crippen molar-refractivity contribution in [2.24, 2.45) is 5.41 Å². The molecule has 1 aliphatic heterocycles. The van der Waals surface area contributed by atoms with Crippen LogP contribution < -0.4 is 4.74 Å². The van der Waals surface area contributed by atoms with Gasteiger partial charge in [-0.05, 0) is 12.8 Å². The Hall–Kier alpha value is -1.67. The molecule has 2 heterocycles. The third-order valence-corrected chi connectivity index (χ3v) is 6.56. The fraction of sp³-hybridized carbons (Fsp3) is 0.800. The summed E-state index contributed by atoms with van der Waals surface area (Å²) in [5.74, 6) is 0.625. The van der Waals surface area contributed by atoms with E-state index >= 15 is 0 Å². The van der Waals surface area contributed by atoms with Gasteiger partial charge in [-0.3, -0.25) is 4.48 Å². The lowest BCUT2D eigenvalue weighted by Gasteiger charge is -2.47. The van der Waals surface area contributed by atoms with Gasteiger partial charge in [0, 0.05) is 12.0 Å². The molecular weight excluding hydrogens is 438 g/mol. The summed E-state index contributed by atoms with van der Waals surface area (Å²) >= 11 is 1.19. The van der Waals surface area contributed by atoms with Crippen LogP contribution in [0.1, 0.15) is 91.7 Å². The molecule has 7 nitrogen and oxygen atoms in total. The van der Waals surface area contributed by atoms with Crippen molar-refractivity contribution in [3.05, 3.63) is 11.8 Å². The molecule has 0 aliphatic carbocycles. The molecule has 0 fully saturated rings. The zero-order valence-corrected chi connectivity index (χ0v) is 22.3. The first-order chi connectivity index (χ1) is 15.7. The summed E-state index contributed by atoms with van der Waals surface area (Å²) in [5.41, 5.74) is 1.68. The quantitative estimate of drug-likeness (QED) is 0.183. The van der Waals surface area contributed by atoms with Crippen LogP contribution >= 0.6 is 11.7 Å². The first kappa shape index (κ1) is 27.6. The van der Waals surface area contributed by atoms with Gasteiger partial charge >= 0.3 is 6.16 Å². The second-order valence-corrected chi connectivity index (χ2v) is 10.9. The van der Waals surface area contributed by atoms with Gasteiger partial charge in [-0.25, -0.2) is 4.79 Å². The molecule has 0 N–H and O–H groups in total. The Labute approximate surface area is 204 Å². The molecule has 0 saturated carbocycles. The second-order valence-electron chi connectivity index (χ2n) is 10.3. The van der Waals surface area contributed by atoms with E-state index in [1.165, 1.54) is 31.0 Å². The lowest BCUT2D eigenvalue weighted by Crippen LogP contribution is -2.61. The molecule has 0 aromatic carbocycles. The summed E-state index contributed by atoms with van der Waals surface area (Å²) in [4.78, 5) is 12.5. The van der Waals surface area contributed by atoms with Crippen molar-refractivity contribution >= 4 is 23.5 Å². The number of quaternary nitrogens is 1. The fourth-order valence-corrected chi connectivity index (χ4v) is 5.01. The smallest absolute Gasteiger partial charge is 0.475 e. The predicted octanol–water partition coefficient (Wildman–Crippen LogP) is 6.45. The Morgan fingerprint density at radius 2 is 1.79 bits per heavy atom. The van der Waals surface area contributed by atoms with E-state index in [0.29, 0.717) is 30.1 Å². The van der Waals surface area contributed by atoms with Crippen LogP contribution in [0.4, 0.5) is 4.79 Å². The van der Waals surface area contributed by atoms with Gasteiger partial charge in [0.25, 0.3) is 5.88 Å². The Kier molecular flexibility index (Phi) is 11.1. The third kappa shape index (κ3) is 8.56. The van der Waals surface area contributed by atoms with Gasteiger partial charge in [0.2, 0.25) is 6.23 Å². The number of carbonyl (C=O) groups excluding carboxylic acids is 1. The molecule has 0 saturated heterocycles. The van der Waals surface area contributed by atoms with E-state index in [2.05, 4.69) is 56.5 Å². The molecule has 0 radical (unpaired) electrons. The van der Waals surface area contributed by atoms with Crippen LogP contribution in [-0.4, -0.2) is 59.0 Å². The highest BCUT2D eigenvalue weighted by Crippen LogP contribution is 2.37. The molecule has 0 spiro atoms. The van der Waals surface area contributed by atoms with E-state index in [9.17, 15) is 4.79 Å². The van der Waals surface area contributed by atoms with E-state index < -0.39 is 6.16 Å². The standard InChI is InChI=1S/C25H44N3O4S/c1-7-9-11-13-17-30-22-21(26-33-27-22)20-15-14-16-28(6,19-20)23(25(3,4)5)32-24(29)31-18-12-10-8-2/h15,23H,7-14,16-19H2,1-6H3/q+1. The molecular formula is C25H44N3O4S+. The van der Waals surface area contributed by atoms with Crippen molar-refractivity contribution in [1.29, 1.82) is 0 Å². The number of hydrogen-bond donors (Lipinski definition) is 0. The van der Waals surface area contributed by atoms with E-state index in [1.807, 2.05) is 0 Å². The molecule has 188 valence electrons. The van der Waals surface area contributed by atoms with E-state index in [4.69, 9.17) is 14.2 Å². The van der Waals surface area contributed by atoms with Gasteiger partial charge in [0.05, 0.1) is 43.9 Å². The number of hydrogen-bond acceptors (Lipinski definition) is 7. The molecule has 8 heteroatoms. The van der Waals surface area contributed by atoms with Gasteiger partial charge in [-0.15, -0.1) is 4.37 Å². The van der Waals surface area contributed by atoms with Crippen molar-refractivity contribution < 1.29 is 23.5 Å². The van der Waals surface area contributed by atoms with Gasteiger partial charge in [0.15, 0.2) is 0 Å². The molecule has 1 aliphatic rings. The van der Waals surface area contributed by atoms with Crippen molar-refractivity contribution in [3.63, 3.8) is 0 Å². The van der Waals surface area contributed by atoms with Crippen LogP contribution in [0.2, 0.25) is 0 Å². The number of unbranched alkanes of at least 4 members (excludes halogenated alkanes) is 5. The summed E-state index contributed by atoms with van der Waals surface area (Å²) in [5, 5.41) is 0. The van der Waals surface area contributed by atoms with Crippen LogP contribution in [0.15, 0.2) is 6.08 Å². The van der Waals surface area contributed by atoms with E-state index in [1.54, 1.807) is 0 Å². The monoisotopic (exact) mass is 482 g/mol. The highest BCUT2D eigenvalue weighted by atomic mass is 32.1. The van der Waals surface area contributed by atoms with Crippen LogP contribution in [0.25, 0.3) is 5.57 Å². The van der Waals surface area contributed by atoms with Crippen molar-refractivity contribution in [2.45, 2.75) is 92.2 Å². The minimum Gasteiger partial charge on any atom is -0.475 e. The topological polar surface area (TPSA) is 70.5 Å². The Bertz CT molecular complexity index is 759. The van der Waals surface area contributed by atoms with Crippen molar-refractivity contribution in [1.82, 2.24) is 8.75 Å². The van der Waals surface area contributed by atoms with Crippen molar-refractivity contribution in [3.8, 4) is 5.88 Å². The van der Waals surface area contributed by atoms with Crippen LogP contribution in [0.3, 0.4) is 0 Å². The first-order valence-corrected chi connectivity index (χ1v) is 13.3. The van der Waals surface area contributed by atoms with Crippen molar-refractivity contribution in [2.75, 3.05) is 33.4 Å². The van der Waals surface area contributed by atoms with Crippen LogP contribution in [0, 0.1) is 5.41 Å². The van der Waals surface area contributed by atoms with Gasteiger partial charge in [0.1, 0.15) is 12.2 Å². The zero-order chi connectivity index (χ0) is 24.3. The SMILES string of the molecule is CCCCCCOc1nsnc1C1=CCC[N+](C)(C(OC(=O)OCCCCC)C(C)(C)C)C1. The predicted molar refractivity (Wildman–Crippen MR) is 133 cm³/mol. The second kappa shape index (κ2) is 13.3.